The van der Waals surface area contributed by atoms with Gasteiger partial charge in [-0.05, 0) is 32.1 Å². The number of aromatic hydroxyl groups is 1. The largest absolute Gasteiger partial charge is 0.494 e. The summed E-state index contributed by atoms with van der Waals surface area (Å²) in [6.07, 6.45) is 0.931. The fourth-order valence-electron chi connectivity index (χ4n) is 4.18. The zero-order valence-electron chi connectivity index (χ0n) is 17.1. The highest BCUT2D eigenvalue weighted by atomic mass is 16.6. The molecule has 3 heterocycles. The molecule has 5 rings (SSSR count). The molecular formula is C23H23N5O3. The summed E-state index contributed by atoms with van der Waals surface area (Å²) in [6, 6.07) is 15.3. The number of aliphatic imine (C=N–C) groups is 1. The summed E-state index contributed by atoms with van der Waals surface area (Å²) in [5.74, 6) is -0.187. The summed E-state index contributed by atoms with van der Waals surface area (Å²) in [7, 11) is 2.03. The van der Waals surface area contributed by atoms with Crippen LogP contribution in [0, 0.1) is 0 Å². The van der Waals surface area contributed by atoms with E-state index in [1.165, 1.54) is 0 Å². The van der Waals surface area contributed by atoms with Gasteiger partial charge in [0.15, 0.2) is 12.5 Å². The van der Waals surface area contributed by atoms with E-state index in [-0.39, 0.29) is 24.4 Å². The third kappa shape index (κ3) is 3.66. The van der Waals surface area contributed by atoms with Crippen molar-refractivity contribution >= 4 is 33.9 Å². The number of likely N-dealkylation sites (tertiary alicyclic amines) is 1. The smallest absolute Gasteiger partial charge is 0.261 e. The van der Waals surface area contributed by atoms with E-state index in [0.717, 1.165) is 41.7 Å². The third-order valence-corrected chi connectivity index (χ3v) is 5.65. The van der Waals surface area contributed by atoms with Gasteiger partial charge >= 0.3 is 0 Å². The van der Waals surface area contributed by atoms with Gasteiger partial charge in [0.05, 0.1) is 11.3 Å². The number of benzene rings is 2. The highest BCUT2D eigenvalue weighted by molar-refractivity contribution is 6.58. The van der Waals surface area contributed by atoms with Crippen molar-refractivity contribution in [3.63, 3.8) is 0 Å². The van der Waals surface area contributed by atoms with Gasteiger partial charge in [0, 0.05) is 29.1 Å². The van der Waals surface area contributed by atoms with E-state index < -0.39 is 0 Å². The van der Waals surface area contributed by atoms with Crippen molar-refractivity contribution in [1.82, 2.24) is 15.2 Å². The van der Waals surface area contributed by atoms with E-state index >= 15 is 0 Å². The predicted octanol–water partition coefficient (Wildman–Crippen LogP) is 2.55. The molecular weight excluding hydrogens is 394 g/mol. The average Bonchev–Trinajstić information content (AvgIpc) is 3.42. The molecule has 2 aromatic carbocycles. The number of carbonyl (C=O) groups is 1. The fourth-order valence-corrected chi connectivity index (χ4v) is 4.18. The number of hydrogen-bond donors (Lipinski definition) is 3. The minimum absolute atomic E-state index is 0.0172. The summed E-state index contributed by atoms with van der Waals surface area (Å²) >= 11 is 0. The number of hydrogen-bond acceptors (Lipinski definition) is 6. The van der Waals surface area contributed by atoms with E-state index in [0.29, 0.717) is 17.0 Å². The quantitative estimate of drug-likeness (QED) is 0.555. The van der Waals surface area contributed by atoms with Crippen LogP contribution in [-0.4, -0.2) is 65.1 Å². The van der Waals surface area contributed by atoms with Crippen molar-refractivity contribution in [2.45, 2.75) is 12.5 Å². The summed E-state index contributed by atoms with van der Waals surface area (Å²) in [5.41, 5.74) is 3.89. The lowest BCUT2D eigenvalue weighted by atomic mass is 10.0. The van der Waals surface area contributed by atoms with Gasteiger partial charge in [0.2, 0.25) is 0 Å². The lowest BCUT2D eigenvalue weighted by Gasteiger charge is -2.12. The van der Waals surface area contributed by atoms with E-state index in [4.69, 9.17) is 9.83 Å². The standard InChI is InChI=1S/C23H23N5O3/c1-28-11-10-14(12-28)24-19(29)13-31-27-21-16-7-3-5-9-18(16)25-22(21)20-15-6-2-4-8-17(15)26-23(20)30/h2-9,14,26,30H,10-13H2,1H3,(H,24,29). The topological polar surface area (TPSA) is 102 Å². The van der Waals surface area contributed by atoms with Crippen LogP contribution in [0.1, 0.15) is 17.5 Å². The molecule has 8 heteroatoms. The number of amides is 1. The maximum absolute atomic E-state index is 12.3. The van der Waals surface area contributed by atoms with Gasteiger partial charge in [0.1, 0.15) is 11.4 Å². The Balaban J connectivity index is 1.41. The monoisotopic (exact) mass is 417 g/mol. The van der Waals surface area contributed by atoms with Gasteiger partial charge in [-0.25, -0.2) is 4.99 Å². The van der Waals surface area contributed by atoms with Gasteiger partial charge in [-0.2, -0.15) is 0 Å². The van der Waals surface area contributed by atoms with Gasteiger partial charge in [0.25, 0.3) is 5.91 Å². The van der Waals surface area contributed by atoms with E-state index in [1.54, 1.807) is 0 Å². The molecule has 0 spiro atoms. The molecule has 0 radical (unpaired) electrons. The molecule has 3 N–H and O–H groups in total. The number of nitrogens with zero attached hydrogens (tertiary/aromatic N) is 3. The van der Waals surface area contributed by atoms with Gasteiger partial charge in [-0.15, -0.1) is 0 Å². The Morgan fingerprint density at radius 2 is 2.10 bits per heavy atom. The van der Waals surface area contributed by atoms with Gasteiger partial charge < -0.3 is 25.1 Å². The fraction of sp³-hybridized carbons (Fsp3) is 0.261. The molecule has 3 aromatic rings. The number of H-pyrrole nitrogens is 1. The van der Waals surface area contributed by atoms with Crippen LogP contribution in [0.5, 0.6) is 5.88 Å². The number of para-hydroxylation sites is 2. The molecule has 1 unspecified atom stereocenters. The molecule has 1 atom stereocenters. The Morgan fingerprint density at radius 1 is 1.29 bits per heavy atom. The first-order chi connectivity index (χ1) is 15.1. The van der Waals surface area contributed by atoms with Crippen LogP contribution in [0.4, 0.5) is 5.69 Å². The van der Waals surface area contributed by atoms with Crippen LogP contribution < -0.4 is 5.32 Å². The minimum atomic E-state index is -0.204. The summed E-state index contributed by atoms with van der Waals surface area (Å²) in [4.78, 5) is 27.6. The second-order valence-corrected chi connectivity index (χ2v) is 7.90. The molecule has 1 fully saturated rings. The zero-order chi connectivity index (χ0) is 21.4. The number of aromatic nitrogens is 1. The molecule has 2 aliphatic rings. The van der Waals surface area contributed by atoms with Gasteiger partial charge in [-0.1, -0.05) is 41.6 Å². The van der Waals surface area contributed by atoms with Gasteiger partial charge in [-0.3, -0.25) is 4.79 Å². The minimum Gasteiger partial charge on any atom is -0.494 e. The first-order valence-corrected chi connectivity index (χ1v) is 10.3. The van der Waals surface area contributed by atoms with Crippen LogP contribution >= 0.6 is 0 Å². The molecule has 0 aliphatic carbocycles. The van der Waals surface area contributed by atoms with Crippen LogP contribution in [0.25, 0.3) is 10.9 Å². The predicted molar refractivity (Wildman–Crippen MR) is 119 cm³/mol. The maximum Gasteiger partial charge on any atom is 0.261 e. The van der Waals surface area contributed by atoms with Crippen LogP contribution in [0.15, 0.2) is 58.7 Å². The number of aromatic amines is 1. The molecule has 1 saturated heterocycles. The molecule has 8 nitrogen and oxygen atoms in total. The SMILES string of the molecule is CN1CCC(NC(=O)CON=C2C(c3c(O)[nH]c4ccccc34)=Nc3ccccc32)C1. The van der Waals surface area contributed by atoms with Crippen molar-refractivity contribution < 1.29 is 14.7 Å². The maximum atomic E-state index is 12.3. The number of rotatable bonds is 5. The van der Waals surface area contributed by atoms with Crippen molar-refractivity contribution in [1.29, 1.82) is 0 Å². The third-order valence-electron chi connectivity index (χ3n) is 5.65. The summed E-state index contributed by atoms with van der Waals surface area (Å²) in [5, 5.41) is 18.7. The lowest BCUT2D eigenvalue weighted by molar-refractivity contribution is -0.126. The summed E-state index contributed by atoms with van der Waals surface area (Å²) < 4.78 is 0. The number of fused-ring (bicyclic) bond motifs is 2. The molecule has 0 bridgehead atoms. The Labute approximate surface area is 179 Å². The second kappa shape index (κ2) is 7.88. The van der Waals surface area contributed by atoms with Crippen LogP contribution in [0.2, 0.25) is 0 Å². The van der Waals surface area contributed by atoms with Crippen LogP contribution in [-0.2, 0) is 9.63 Å². The number of nitrogens with one attached hydrogen (secondary N) is 2. The van der Waals surface area contributed by atoms with E-state index in [9.17, 15) is 9.90 Å². The normalized spacial score (nSPS) is 19.6. The lowest BCUT2D eigenvalue weighted by Crippen LogP contribution is -2.38. The van der Waals surface area contributed by atoms with Crippen LogP contribution in [0.3, 0.4) is 0 Å². The summed E-state index contributed by atoms with van der Waals surface area (Å²) in [6.45, 7) is 1.63. The molecule has 158 valence electrons. The second-order valence-electron chi connectivity index (χ2n) is 7.90. The molecule has 31 heavy (non-hydrogen) atoms. The van der Waals surface area contributed by atoms with E-state index in [1.807, 2.05) is 55.6 Å². The van der Waals surface area contributed by atoms with Crippen molar-refractivity contribution in [3.8, 4) is 5.88 Å². The zero-order valence-corrected chi connectivity index (χ0v) is 17.1. The Hall–Kier alpha value is -3.65. The highest BCUT2D eigenvalue weighted by Gasteiger charge is 2.29. The molecule has 1 aromatic heterocycles. The number of carbonyl (C=O) groups excluding carboxylic acids is 1. The Kier molecular flexibility index (Phi) is 4.91. The Bertz CT molecular complexity index is 1210. The molecule has 1 amide bonds. The molecule has 2 aliphatic heterocycles. The average molecular weight is 417 g/mol. The van der Waals surface area contributed by atoms with Crippen molar-refractivity contribution in [2.24, 2.45) is 10.1 Å². The highest BCUT2D eigenvalue weighted by Crippen LogP contribution is 2.35. The number of likely N-dealkylation sites (N-methyl/N-ethyl adjacent to an activating group) is 1. The van der Waals surface area contributed by atoms with Crippen molar-refractivity contribution in [3.05, 3.63) is 59.7 Å². The van der Waals surface area contributed by atoms with E-state index in [2.05, 4.69) is 20.4 Å². The Morgan fingerprint density at radius 3 is 2.94 bits per heavy atom. The van der Waals surface area contributed by atoms with Crippen molar-refractivity contribution in [2.75, 3.05) is 26.7 Å². The first kappa shape index (κ1) is 19.3. The first-order valence-electron chi connectivity index (χ1n) is 10.3. The molecule has 0 saturated carbocycles. The number of oxime groups is 1.